The minimum Gasteiger partial charge on any atom is -0.497 e. The average molecular weight is 453 g/mol. The van der Waals surface area contributed by atoms with E-state index in [1.54, 1.807) is 7.11 Å². The van der Waals surface area contributed by atoms with Gasteiger partial charge in [-0.2, -0.15) is 0 Å². The Hall–Kier alpha value is -3.86. The fraction of sp³-hybridized carbons (Fsp3) is 0.241. The van der Waals surface area contributed by atoms with Gasteiger partial charge in [-0.05, 0) is 66.3 Å². The summed E-state index contributed by atoms with van der Waals surface area (Å²) >= 11 is 0. The van der Waals surface area contributed by atoms with Crippen LogP contribution in [-0.4, -0.2) is 25.5 Å². The lowest BCUT2D eigenvalue weighted by atomic mass is 10.0. The van der Waals surface area contributed by atoms with Crippen LogP contribution in [0.25, 0.3) is 5.57 Å². The molecule has 0 unspecified atom stereocenters. The van der Waals surface area contributed by atoms with Crippen molar-refractivity contribution in [2.75, 3.05) is 23.5 Å². The van der Waals surface area contributed by atoms with Gasteiger partial charge in [0, 0.05) is 12.2 Å². The normalized spacial score (nSPS) is 15.4. The van der Waals surface area contributed by atoms with E-state index < -0.39 is 0 Å². The Labute approximate surface area is 200 Å². The predicted octanol–water partition coefficient (Wildman–Crippen LogP) is 5.39. The molecule has 0 saturated heterocycles. The van der Waals surface area contributed by atoms with Crippen LogP contribution in [0, 0.1) is 0 Å². The number of hydrogen-bond donors (Lipinski definition) is 0. The number of imide groups is 1. The molecular formula is C29H28N2O3. The fourth-order valence-corrected chi connectivity index (χ4v) is 4.78. The summed E-state index contributed by atoms with van der Waals surface area (Å²) < 4.78 is 5.29. The number of unbranched alkanes of at least 4 members (excludes halogenated alkanes) is 1. The molecule has 0 atom stereocenters. The van der Waals surface area contributed by atoms with Gasteiger partial charge >= 0.3 is 0 Å². The molecule has 0 spiro atoms. The first-order valence-corrected chi connectivity index (χ1v) is 11.8. The Morgan fingerprint density at radius 1 is 0.882 bits per heavy atom. The standard InChI is InChI=1S/C29H28N2O3/c1-3-4-7-20-10-14-23(15-11-20)31-28(32)26(22-12-16-24(34-2)17-13-22)27(29(31)33)30-19-18-21-8-5-6-9-25(21)30/h5-6,8-17H,3-4,7,18-19H2,1-2H3. The van der Waals surface area contributed by atoms with Crippen LogP contribution in [0.4, 0.5) is 11.4 Å². The van der Waals surface area contributed by atoms with E-state index in [-0.39, 0.29) is 11.8 Å². The van der Waals surface area contributed by atoms with Crippen molar-refractivity contribution in [1.82, 2.24) is 0 Å². The molecule has 0 bridgehead atoms. The number of carbonyl (C=O) groups is 2. The van der Waals surface area contributed by atoms with Gasteiger partial charge in [0.05, 0.1) is 18.4 Å². The van der Waals surface area contributed by atoms with Crippen molar-refractivity contribution in [2.45, 2.75) is 32.6 Å². The molecular weight excluding hydrogens is 424 g/mol. The van der Waals surface area contributed by atoms with E-state index in [9.17, 15) is 9.59 Å². The Balaban J connectivity index is 1.58. The van der Waals surface area contributed by atoms with Gasteiger partial charge in [-0.3, -0.25) is 9.59 Å². The number of anilines is 2. The largest absolute Gasteiger partial charge is 0.497 e. The number of amides is 2. The summed E-state index contributed by atoms with van der Waals surface area (Å²) in [4.78, 5) is 31.0. The Morgan fingerprint density at radius 3 is 2.32 bits per heavy atom. The van der Waals surface area contributed by atoms with Gasteiger partial charge < -0.3 is 9.64 Å². The Bertz CT molecular complexity index is 1260. The van der Waals surface area contributed by atoms with Crippen LogP contribution >= 0.6 is 0 Å². The maximum Gasteiger partial charge on any atom is 0.282 e. The number of para-hydroxylation sites is 1. The highest BCUT2D eigenvalue weighted by molar-refractivity contribution is 6.46. The predicted molar refractivity (Wildman–Crippen MR) is 135 cm³/mol. The van der Waals surface area contributed by atoms with Crippen molar-refractivity contribution < 1.29 is 14.3 Å². The lowest BCUT2D eigenvalue weighted by molar-refractivity contribution is -0.120. The molecule has 2 aliphatic rings. The third-order valence-corrected chi connectivity index (χ3v) is 6.61. The van der Waals surface area contributed by atoms with Gasteiger partial charge in [-0.25, -0.2) is 4.90 Å². The number of aryl methyl sites for hydroxylation is 1. The zero-order valence-electron chi connectivity index (χ0n) is 19.6. The number of fused-ring (bicyclic) bond motifs is 1. The van der Waals surface area contributed by atoms with Crippen molar-refractivity contribution in [3.8, 4) is 5.75 Å². The molecule has 3 aromatic rings. The second-order valence-corrected chi connectivity index (χ2v) is 8.70. The first-order chi connectivity index (χ1) is 16.6. The summed E-state index contributed by atoms with van der Waals surface area (Å²) in [5.74, 6) is 0.124. The van der Waals surface area contributed by atoms with Crippen LogP contribution in [0.2, 0.25) is 0 Å². The van der Waals surface area contributed by atoms with Gasteiger partial charge in [-0.1, -0.05) is 55.8 Å². The number of hydrogen-bond acceptors (Lipinski definition) is 4. The van der Waals surface area contributed by atoms with Crippen molar-refractivity contribution in [2.24, 2.45) is 0 Å². The minimum absolute atomic E-state index is 0.283. The van der Waals surface area contributed by atoms with Gasteiger partial charge in [0.25, 0.3) is 11.8 Å². The quantitative estimate of drug-likeness (QED) is 0.451. The van der Waals surface area contributed by atoms with Crippen LogP contribution < -0.4 is 14.5 Å². The minimum atomic E-state index is -0.296. The molecule has 0 fully saturated rings. The number of nitrogens with zero attached hydrogens (tertiary/aromatic N) is 2. The Morgan fingerprint density at radius 2 is 1.62 bits per heavy atom. The number of rotatable bonds is 7. The van der Waals surface area contributed by atoms with E-state index >= 15 is 0 Å². The highest BCUT2D eigenvalue weighted by Gasteiger charge is 2.44. The summed E-state index contributed by atoms with van der Waals surface area (Å²) in [6.07, 6.45) is 4.07. The molecule has 5 rings (SSSR count). The molecule has 5 heteroatoms. The van der Waals surface area contributed by atoms with Crippen LogP contribution in [0.15, 0.2) is 78.5 Å². The van der Waals surface area contributed by atoms with Crippen molar-refractivity contribution in [1.29, 1.82) is 0 Å². The van der Waals surface area contributed by atoms with Crippen molar-refractivity contribution in [3.05, 3.63) is 95.2 Å². The van der Waals surface area contributed by atoms with E-state index in [1.165, 1.54) is 16.0 Å². The molecule has 0 saturated carbocycles. The smallest absolute Gasteiger partial charge is 0.282 e. The molecule has 3 aromatic carbocycles. The van der Waals surface area contributed by atoms with E-state index in [1.807, 2.05) is 71.6 Å². The van der Waals surface area contributed by atoms with Crippen LogP contribution in [0.5, 0.6) is 5.75 Å². The summed E-state index contributed by atoms with van der Waals surface area (Å²) in [6, 6.07) is 23.2. The van der Waals surface area contributed by atoms with Gasteiger partial charge in [-0.15, -0.1) is 0 Å². The van der Waals surface area contributed by atoms with E-state index in [4.69, 9.17) is 4.74 Å². The molecule has 172 valence electrons. The van der Waals surface area contributed by atoms with E-state index in [2.05, 4.69) is 13.0 Å². The molecule has 2 aliphatic heterocycles. The first kappa shape index (κ1) is 22.0. The highest BCUT2D eigenvalue weighted by Crippen LogP contribution is 2.40. The summed E-state index contributed by atoms with van der Waals surface area (Å²) in [5, 5.41) is 0. The first-order valence-electron chi connectivity index (χ1n) is 11.8. The molecule has 2 amide bonds. The van der Waals surface area contributed by atoms with E-state index in [0.717, 1.165) is 31.4 Å². The van der Waals surface area contributed by atoms with Gasteiger partial charge in [0.2, 0.25) is 0 Å². The highest BCUT2D eigenvalue weighted by atomic mass is 16.5. The zero-order chi connectivity index (χ0) is 23.7. The summed E-state index contributed by atoms with van der Waals surface area (Å²) in [5.41, 5.74) is 5.56. The summed E-state index contributed by atoms with van der Waals surface area (Å²) in [7, 11) is 1.61. The zero-order valence-corrected chi connectivity index (χ0v) is 19.6. The van der Waals surface area contributed by atoms with Gasteiger partial charge in [0.15, 0.2) is 0 Å². The second kappa shape index (κ2) is 9.18. The molecule has 34 heavy (non-hydrogen) atoms. The molecule has 0 aromatic heterocycles. The lowest BCUT2D eigenvalue weighted by Crippen LogP contribution is -2.34. The van der Waals surface area contributed by atoms with Crippen molar-refractivity contribution in [3.63, 3.8) is 0 Å². The number of carbonyl (C=O) groups excluding carboxylic acids is 2. The number of ether oxygens (including phenoxy) is 1. The maximum absolute atomic E-state index is 13.9. The molecule has 2 heterocycles. The number of benzene rings is 3. The topological polar surface area (TPSA) is 49.9 Å². The fourth-order valence-electron chi connectivity index (χ4n) is 4.78. The SMILES string of the molecule is CCCCc1ccc(N2C(=O)C(c3ccc(OC)cc3)=C(N3CCc4ccccc43)C2=O)cc1. The molecule has 0 N–H and O–H groups in total. The van der Waals surface area contributed by atoms with Crippen LogP contribution in [0.3, 0.4) is 0 Å². The second-order valence-electron chi connectivity index (χ2n) is 8.70. The molecule has 5 nitrogen and oxygen atoms in total. The molecule has 0 radical (unpaired) electrons. The average Bonchev–Trinajstić information content (AvgIpc) is 3.41. The third kappa shape index (κ3) is 3.77. The molecule has 0 aliphatic carbocycles. The van der Waals surface area contributed by atoms with Crippen molar-refractivity contribution >= 4 is 28.8 Å². The van der Waals surface area contributed by atoms with Gasteiger partial charge in [0.1, 0.15) is 11.4 Å². The van der Waals surface area contributed by atoms with Crippen LogP contribution in [0.1, 0.15) is 36.5 Å². The van der Waals surface area contributed by atoms with Crippen LogP contribution in [-0.2, 0) is 22.4 Å². The monoisotopic (exact) mass is 452 g/mol. The summed E-state index contributed by atoms with van der Waals surface area (Å²) in [6.45, 7) is 2.83. The number of methoxy groups -OCH3 is 1. The maximum atomic E-state index is 13.9. The Kier molecular flexibility index (Phi) is 5.93. The van der Waals surface area contributed by atoms with E-state index in [0.29, 0.717) is 34.8 Å². The lowest BCUT2D eigenvalue weighted by Gasteiger charge is -2.22. The third-order valence-electron chi connectivity index (χ3n) is 6.61.